The SMILES string of the molecule is Cc1cccn2cc(-c3ccc(NC(=O)CNC(=O)c4cccc([N+](=O)[O-])c4)cc3)nc12. The molecule has 0 aliphatic carbocycles. The molecule has 0 radical (unpaired) electrons. The van der Waals surface area contributed by atoms with Crippen LogP contribution in [0.15, 0.2) is 73.1 Å². The first kappa shape index (κ1) is 20.7. The Labute approximate surface area is 182 Å². The first-order valence-electron chi connectivity index (χ1n) is 9.78. The van der Waals surface area contributed by atoms with Crippen LogP contribution in [0.2, 0.25) is 0 Å². The molecule has 160 valence electrons. The normalized spacial score (nSPS) is 10.7. The Kier molecular flexibility index (Phi) is 5.63. The predicted octanol–water partition coefficient (Wildman–Crippen LogP) is 3.59. The van der Waals surface area contributed by atoms with Crippen molar-refractivity contribution in [1.82, 2.24) is 14.7 Å². The Morgan fingerprint density at radius 1 is 1.09 bits per heavy atom. The number of carbonyl (C=O) groups is 2. The monoisotopic (exact) mass is 429 g/mol. The summed E-state index contributed by atoms with van der Waals surface area (Å²) in [4.78, 5) is 39.2. The van der Waals surface area contributed by atoms with Crippen molar-refractivity contribution >= 4 is 28.8 Å². The van der Waals surface area contributed by atoms with Gasteiger partial charge < -0.3 is 15.0 Å². The summed E-state index contributed by atoms with van der Waals surface area (Å²) in [6.07, 6.45) is 3.88. The Balaban J connectivity index is 1.36. The number of fused-ring (bicyclic) bond motifs is 1. The molecule has 0 spiro atoms. The van der Waals surface area contributed by atoms with E-state index in [2.05, 4.69) is 15.6 Å². The molecule has 0 aliphatic heterocycles. The number of hydrogen-bond donors (Lipinski definition) is 2. The van der Waals surface area contributed by atoms with Crippen LogP contribution >= 0.6 is 0 Å². The van der Waals surface area contributed by atoms with Crippen molar-refractivity contribution in [1.29, 1.82) is 0 Å². The predicted molar refractivity (Wildman–Crippen MR) is 119 cm³/mol. The highest BCUT2D eigenvalue weighted by Crippen LogP contribution is 2.22. The number of nitro groups is 1. The Morgan fingerprint density at radius 3 is 2.59 bits per heavy atom. The Hall–Kier alpha value is -4.53. The van der Waals surface area contributed by atoms with Crippen LogP contribution in [0.5, 0.6) is 0 Å². The number of carbonyl (C=O) groups excluding carboxylic acids is 2. The first-order chi connectivity index (χ1) is 15.4. The maximum atomic E-state index is 12.2. The lowest BCUT2D eigenvalue weighted by atomic mass is 10.1. The van der Waals surface area contributed by atoms with Gasteiger partial charge in [-0.3, -0.25) is 19.7 Å². The molecule has 9 nitrogen and oxygen atoms in total. The summed E-state index contributed by atoms with van der Waals surface area (Å²) >= 11 is 0. The molecule has 0 aliphatic rings. The Bertz CT molecular complexity index is 1330. The smallest absolute Gasteiger partial charge is 0.270 e. The number of benzene rings is 2. The topological polar surface area (TPSA) is 119 Å². The summed E-state index contributed by atoms with van der Waals surface area (Å²) in [5.41, 5.74) is 4.19. The number of nitro benzene ring substituents is 1. The van der Waals surface area contributed by atoms with Crippen LogP contribution < -0.4 is 10.6 Å². The lowest BCUT2D eigenvalue weighted by Crippen LogP contribution is -2.32. The van der Waals surface area contributed by atoms with Crippen LogP contribution in [0.1, 0.15) is 15.9 Å². The molecular weight excluding hydrogens is 410 g/mol. The van der Waals surface area contributed by atoms with Gasteiger partial charge >= 0.3 is 0 Å². The van der Waals surface area contributed by atoms with E-state index in [9.17, 15) is 19.7 Å². The van der Waals surface area contributed by atoms with E-state index in [1.807, 2.05) is 48.0 Å². The quantitative estimate of drug-likeness (QED) is 0.359. The molecule has 0 unspecified atom stereocenters. The molecule has 0 saturated carbocycles. The van der Waals surface area contributed by atoms with Crippen molar-refractivity contribution in [3.05, 3.63) is 94.3 Å². The molecule has 0 bridgehead atoms. The van der Waals surface area contributed by atoms with Crippen LogP contribution in [0.25, 0.3) is 16.9 Å². The van der Waals surface area contributed by atoms with Gasteiger partial charge in [0.1, 0.15) is 5.65 Å². The van der Waals surface area contributed by atoms with Gasteiger partial charge in [-0.2, -0.15) is 0 Å². The van der Waals surface area contributed by atoms with Gasteiger partial charge in [-0.15, -0.1) is 0 Å². The number of imidazole rings is 1. The van der Waals surface area contributed by atoms with Crippen LogP contribution in [0.3, 0.4) is 0 Å². The summed E-state index contributed by atoms with van der Waals surface area (Å²) in [6.45, 7) is 1.73. The fourth-order valence-electron chi connectivity index (χ4n) is 3.25. The molecule has 2 heterocycles. The number of aryl methyl sites for hydroxylation is 1. The van der Waals surface area contributed by atoms with Gasteiger partial charge in [-0.1, -0.05) is 24.3 Å². The van der Waals surface area contributed by atoms with Crippen molar-refractivity contribution in [2.75, 3.05) is 11.9 Å². The zero-order chi connectivity index (χ0) is 22.7. The van der Waals surface area contributed by atoms with Gasteiger partial charge in [0.2, 0.25) is 5.91 Å². The molecular formula is C23H19N5O4. The maximum absolute atomic E-state index is 12.2. The van der Waals surface area contributed by atoms with E-state index in [4.69, 9.17) is 0 Å². The summed E-state index contributed by atoms with van der Waals surface area (Å²) in [7, 11) is 0. The van der Waals surface area contributed by atoms with Gasteiger partial charge in [0.05, 0.1) is 17.2 Å². The maximum Gasteiger partial charge on any atom is 0.270 e. The summed E-state index contributed by atoms with van der Waals surface area (Å²) < 4.78 is 1.96. The first-order valence-corrected chi connectivity index (χ1v) is 9.78. The summed E-state index contributed by atoms with van der Waals surface area (Å²) in [5.74, 6) is -0.985. The number of hydrogen-bond acceptors (Lipinski definition) is 5. The molecule has 2 aromatic heterocycles. The Morgan fingerprint density at radius 2 is 1.88 bits per heavy atom. The van der Waals surface area contributed by atoms with E-state index >= 15 is 0 Å². The number of aromatic nitrogens is 2. The number of nitrogens with zero attached hydrogens (tertiary/aromatic N) is 3. The molecule has 0 saturated heterocycles. The van der Waals surface area contributed by atoms with Crippen molar-refractivity contribution in [3.8, 4) is 11.3 Å². The summed E-state index contributed by atoms with van der Waals surface area (Å²) in [5, 5.41) is 16.0. The highest BCUT2D eigenvalue weighted by Gasteiger charge is 2.13. The van der Waals surface area contributed by atoms with Crippen LogP contribution in [-0.2, 0) is 4.79 Å². The average molecular weight is 429 g/mol. The second-order valence-corrected chi connectivity index (χ2v) is 7.16. The van der Waals surface area contributed by atoms with Gasteiger partial charge in [0, 0.05) is 41.3 Å². The van der Waals surface area contributed by atoms with E-state index < -0.39 is 16.7 Å². The molecule has 0 fully saturated rings. The van der Waals surface area contributed by atoms with E-state index in [0.717, 1.165) is 28.5 Å². The van der Waals surface area contributed by atoms with E-state index in [0.29, 0.717) is 5.69 Å². The molecule has 2 N–H and O–H groups in total. The molecule has 2 aromatic carbocycles. The van der Waals surface area contributed by atoms with Crippen molar-refractivity contribution < 1.29 is 14.5 Å². The van der Waals surface area contributed by atoms with Crippen molar-refractivity contribution in [2.45, 2.75) is 6.92 Å². The number of pyridine rings is 1. The van der Waals surface area contributed by atoms with Gasteiger partial charge in [-0.05, 0) is 36.8 Å². The van der Waals surface area contributed by atoms with Gasteiger partial charge in [0.15, 0.2) is 0 Å². The molecule has 32 heavy (non-hydrogen) atoms. The summed E-state index contributed by atoms with van der Waals surface area (Å²) in [6, 6.07) is 16.5. The van der Waals surface area contributed by atoms with Gasteiger partial charge in [-0.25, -0.2) is 4.98 Å². The number of nitrogens with one attached hydrogen (secondary N) is 2. The lowest BCUT2D eigenvalue weighted by molar-refractivity contribution is -0.384. The van der Waals surface area contributed by atoms with E-state index in [1.54, 1.807) is 12.1 Å². The minimum atomic E-state index is -0.583. The molecule has 4 rings (SSSR count). The van der Waals surface area contributed by atoms with Crippen molar-refractivity contribution in [3.63, 3.8) is 0 Å². The molecule has 4 aromatic rings. The zero-order valence-corrected chi connectivity index (χ0v) is 17.1. The van der Waals surface area contributed by atoms with Gasteiger partial charge in [0.25, 0.3) is 11.6 Å². The van der Waals surface area contributed by atoms with E-state index in [-0.39, 0.29) is 17.8 Å². The third-order valence-corrected chi connectivity index (χ3v) is 4.87. The fraction of sp³-hybridized carbons (Fsp3) is 0.0870. The second kappa shape index (κ2) is 8.68. The second-order valence-electron chi connectivity index (χ2n) is 7.16. The zero-order valence-electron chi connectivity index (χ0n) is 17.1. The standard InChI is InChI=1S/C23H19N5O4/c1-15-4-3-11-27-14-20(26-22(15)27)16-7-9-18(10-8-16)25-21(29)13-24-23(30)17-5-2-6-19(12-17)28(31)32/h2-12,14H,13H2,1H3,(H,24,30)(H,25,29). The minimum Gasteiger partial charge on any atom is -0.343 e. The number of non-ortho nitro benzene ring substituents is 1. The third kappa shape index (κ3) is 4.46. The van der Waals surface area contributed by atoms with Crippen LogP contribution in [0, 0.1) is 17.0 Å². The molecule has 0 atom stereocenters. The number of anilines is 1. The van der Waals surface area contributed by atoms with Crippen LogP contribution in [-0.4, -0.2) is 32.7 Å². The number of rotatable bonds is 6. The number of amides is 2. The van der Waals surface area contributed by atoms with Crippen LogP contribution in [0.4, 0.5) is 11.4 Å². The average Bonchev–Trinajstić information content (AvgIpc) is 3.24. The molecule has 9 heteroatoms. The highest BCUT2D eigenvalue weighted by atomic mass is 16.6. The fourth-order valence-corrected chi connectivity index (χ4v) is 3.25. The largest absolute Gasteiger partial charge is 0.343 e. The minimum absolute atomic E-state index is 0.110. The van der Waals surface area contributed by atoms with E-state index in [1.165, 1.54) is 18.2 Å². The third-order valence-electron chi connectivity index (χ3n) is 4.87. The van der Waals surface area contributed by atoms with Crippen molar-refractivity contribution in [2.24, 2.45) is 0 Å². The highest BCUT2D eigenvalue weighted by molar-refractivity contribution is 5.99. The molecule has 2 amide bonds. The lowest BCUT2D eigenvalue weighted by Gasteiger charge is -2.07.